The van der Waals surface area contributed by atoms with Gasteiger partial charge in [-0.25, -0.2) is 4.98 Å². The molecule has 0 aliphatic heterocycles. The molecule has 0 atom stereocenters. The molecule has 0 amide bonds. The maximum Gasteiger partial charge on any atom is 0.290 e. The molecule has 8 heteroatoms. The average molecular weight is 374 g/mol. The van der Waals surface area contributed by atoms with Crippen molar-refractivity contribution < 1.29 is 14.5 Å². The van der Waals surface area contributed by atoms with Gasteiger partial charge in [0.05, 0.1) is 13.7 Å². The molecule has 0 fully saturated rings. The van der Waals surface area contributed by atoms with Crippen LogP contribution in [-0.2, 0) is 4.74 Å². The lowest BCUT2D eigenvalue weighted by molar-refractivity contribution is -0.327. The van der Waals surface area contributed by atoms with Crippen LogP contribution in [0.25, 0.3) is 10.9 Å². The van der Waals surface area contributed by atoms with Gasteiger partial charge in [0.25, 0.3) is 5.82 Å². The largest absolute Gasteiger partial charge is 0.497 e. The summed E-state index contributed by atoms with van der Waals surface area (Å²) in [6.45, 7) is 2.73. The zero-order valence-corrected chi connectivity index (χ0v) is 15.8. The van der Waals surface area contributed by atoms with Crippen LogP contribution in [0.3, 0.4) is 0 Å². The first-order valence-corrected chi connectivity index (χ1v) is 8.77. The van der Waals surface area contributed by atoms with Gasteiger partial charge in [-0.3, -0.25) is 5.32 Å². The van der Waals surface area contributed by atoms with E-state index in [1.165, 1.54) is 0 Å². The molecule has 0 aliphatic carbocycles. The van der Waals surface area contributed by atoms with Crippen LogP contribution in [0.5, 0.6) is 5.75 Å². The number of nitrogens with zero attached hydrogens (tertiary/aromatic N) is 1. The van der Waals surface area contributed by atoms with Crippen molar-refractivity contribution in [3.8, 4) is 11.8 Å². The predicted molar refractivity (Wildman–Crippen MR) is 105 cm³/mol. The molecule has 0 bridgehead atoms. The van der Waals surface area contributed by atoms with Crippen LogP contribution in [0, 0.1) is 11.3 Å². The minimum Gasteiger partial charge on any atom is -0.497 e. The number of pyridine rings is 1. The van der Waals surface area contributed by atoms with Crippen LogP contribution in [0.4, 0.5) is 5.82 Å². The molecule has 0 spiro atoms. The SMILES string of the molecule is COCCCNC(=S)NCCNc1[nH+]c2ccc(OC)cc2cc1C#N. The smallest absolute Gasteiger partial charge is 0.290 e. The topological polar surface area (TPSA) is 92.5 Å². The quantitative estimate of drug-likeness (QED) is 0.452. The van der Waals surface area contributed by atoms with E-state index in [1.54, 1.807) is 14.2 Å². The van der Waals surface area contributed by atoms with Gasteiger partial charge >= 0.3 is 0 Å². The highest BCUT2D eigenvalue weighted by atomic mass is 32.1. The zero-order valence-electron chi connectivity index (χ0n) is 15.0. The number of benzene rings is 1. The molecular weight excluding hydrogens is 350 g/mol. The maximum absolute atomic E-state index is 9.39. The normalized spacial score (nSPS) is 10.2. The van der Waals surface area contributed by atoms with Crippen molar-refractivity contribution in [3.05, 3.63) is 29.8 Å². The average Bonchev–Trinajstić information content (AvgIpc) is 2.67. The van der Waals surface area contributed by atoms with Crippen molar-refractivity contribution in [3.63, 3.8) is 0 Å². The molecule has 0 saturated carbocycles. The summed E-state index contributed by atoms with van der Waals surface area (Å²) in [4.78, 5) is 3.25. The van der Waals surface area contributed by atoms with E-state index >= 15 is 0 Å². The van der Waals surface area contributed by atoms with Crippen LogP contribution in [0.1, 0.15) is 12.0 Å². The maximum atomic E-state index is 9.39. The Labute approximate surface area is 158 Å². The van der Waals surface area contributed by atoms with E-state index in [0.29, 0.717) is 36.2 Å². The van der Waals surface area contributed by atoms with E-state index in [0.717, 1.165) is 29.6 Å². The van der Waals surface area contributed by atoms with E-state index in [-0.39, 0.29) is 0 Å². The Bertz CT molecular complexity index is 791. The monoisotopic (exact) mass is 374 g/mol. The molecule has 0 unspecified atom stereocenters. The summed E-state index contributed by atoms with van der Waals surface area (Å²) < 4.78 is 10.2. The second kappa shape index (κ2) is 10.4. The van der Waals surface area contributed by atoms with Gasteiger partial charge < -0.3 is 20.1 Å². The number of ether oxygens (including phenoxy) is 2. The summed E-state index contributed by atoms with van der Waals surface area (Å²) in [6.07, 6.45) is 0.902. The van der Waals surface area contributed by atoms with Crippen molar-refractivity contribution in [1.29, 1.82) is 5.26 Å². The van der Waals surface area contributed by atoms with E-state index in [9.17, 15) is 5.26 Å². The van der Waals surface area contributed by atoms with Crippen molar-refractivity contribution in [2.75, 3.05) is 45.8 Å². The number of aromatic amines is 1. The van der Waals surface area contributed by atoms with E-state index in [4.69, 9.17) is 21.7 Å². The first-order valence-electron chi connectivity index (χ1n) is 8.36. The third kappa shape index (κ3) is 5.72. The number of anilines is 1. The Kier molecular flexibility index (Phi) is 7.86. The number of thiocarbonyl (C=S) groups is 1. The number of hydrogen-bond acceptors (Lipinski definition) is 5. The molecule has 7 nitrogen and oxygen atoms in total. The third-order valence-corrected chi connectivity index (χ3v) is 4.02. The number of H-pyrrole nitrogens is 1. The lowest BCUT2D eigenvalue weighted by atomic mass is 10.1. The van der Waals surface area contributed by atoms with E-state index < -0.39 is 0 Å². The number of nitrogens with one attached hydrogen (secondary N) is 4. The molecule has 138 valence electrons. The summed E-state index contributed by atoms with van der Waals surface area (Å²) in [5.74, 6) is 1.44. The molecule has 2 rings (SSSR count). The van der Waals surface area contributed by atoms with Crippen LogP contribution in [0.15, 0.2) is 24.3 Å². The second-order valence-electron chi connectivity index (χ2n) is 5.58. The highest BCUT2D eigenvalue weighted by molar-refractivity contribution is 7.80. The minimum atomic E-state index is 0.547. The molecule has 1 aromatic heterocycles. The highest BCUT2D eigenvalue weighted by Crippen LogP contribution is 2.21. The summed E-state index contributed by atoms with van der Waals surface area (Å²) in [5, 5.41) is 20.4. The Balaban J connectivity index is 1.88. The lowest BCUT2D eigenvalue weighted by Gasteiger charge is -2.09. The van der Waals surface area contributed by atoms with Gasteiger partial charge in [-0.15, -0.1) is 0 Å². The standard InChI is InChI=1S/C18H23N5O2S/c1-24-9-3-6-21-18(26)22-8-7-20-17-14(12-19)10-13-11-15(25-2)4-5-16(13)23-17/h4-5,10-11H,3,6-9H2,1-2H3,(H,20,23)(H2,21,22,26)/p+1. The fraction of sp³-hybridized carbons (Fsp3) is 0.389. The van der Waals surface area contributed by atoms with Crippen LogP contribution >= 0.6 is 12.2 Å². The van der Waals surface area contributed by atoms with Gasteiger partial charge in [-0.2, -0.15) is 5.26 Å². The van der Waals surface area contributed by atoms with Gasteiger partial charge in [-0.05, 0) is 42.9 Å². The molecule has 1 heterocycles. The molecule has 4 N–H and O–H groups in total. The van der Waals surface area contributed by atoms with Crippen LogP contribution in [0.2, 0.25) is 0 Å². The van der Waals surface area contributed by atoms with Crippen molar-refractivity contribution in [1.82, 2.24) is 10.6 Å². The fourth-order valence-corrected chi connectivity index (χ4v) is 2.61. The summed E-state index contributed by atoms with van der Waals surface area (Å²) in [5.41, 5.74) is 1.47. The Hall–Kier alpha value is -2.63. The van der Waals surface area contributed by atoms with Crippen LogP contribution in [-0.4, -0.2) is 45.6 Å². The van der Waals surface area contributed by atoms with Gasteiger partial charge in [0.15, 0.2) is 5.11 Å². The van der Waals surface area contributed by atoms with Gasteiger partial charge in [0, 0.05) is 25.6 Å². The minimum absolute atomic E-state index is 0.547. The van der Waals surface area contributed by atoms with E-state index in [2.05, 4.69) is 27.0 Å². The molecule has 26 heavy (non-hydrogen) atoms. The first-order chi connectivity index (χ1) is 12.7. The number of nitriles is 1. The highest BCUT2D eigenvalue weighted by Gasteiger charge is 2.12. The molecule has 0 saturated heterocycles. The summed E-state index contributed by atoms with van der Waals surface area (Å²) in [7, 11) is 3.30. The number of methoxy groups -OCH3 is 2. The number of fused-ring (bicyclic) bond motifs is 1. The number of rotatable bonds is 9. The summed E-state index contributed by atoms with van der Waals surface area (Å²) >= 11 is 5.21. The van der Waals surface area contributed by atoms with Gasteiger partial charge in [0.2, 0.25) is 0 Å². The van der Waals surface area contributed by atoms with Gasteiger partial charge in [0.1, 0.15) is 29.4 Å². The van der Waals surface area contributed by atoms with Crippen molar-refractivity contribution in [2.45, 2.75) is 6.42 Å². The Morgan fingerprint density at radius 1 is 1.19 bits per heavy atom. The lowest BCUT2D eigenvalue weighted by Crippen LogP contribution is -2.38. The molecule has 1 aromatic carbocycles. The molecule has 0 aliphatic rings. The first kappa shape index (κ1) is 19.7. The molecule has 0 radical (unpaired) electrons. The van der Waals surface area contributed by atoms with E-state index in [1.807, 2.05) is 24.3 Å². The van der Waals surface area contributed by atoms with Crippen molar-refractivity contribution in [2.24, 2.45) is 0 Å². The second-order valence-corrected chi connectivity index (χ2v) is 5.99. The predicted octanol–water partition coefficient (Wildman–Crippen LogP) is 1.45. The fourth-order valence-electron chi connectivity index (χ4n) is 2.40. The number of aromatic nitrogens is 1. The zero-order chi connectivity index (χ0) is 18.8. The summed E-state index contributed by atoms with van der Waals surface area (Å²) in [6, 6.07) is 9.75. The van der Waals surface area contributed by atoms with Crippen molar-refractivity contribution >= 4 is 34.1 Å². The van der Waals surface area contributed by atoms with Gasteiger partial charge in [-0.1, -0.05) is 0 Å². The Morgan fingerprint density at radius 2 is 2.00 bits per heavy atom. The molecule has 2 aromatic rings. The molecular formula is C18H24N5O2S+. The number of hydrogen-bond donors (Lipinski definition) is 3. The third-order valence-electron chi connectivity index (χ3n) is 3.73. The van der Waals surface area contributed by atoms with Crippen LogP contribution < -0.4 is 25.7 Å². The Morgan fingerprint density at radius 3 is 2.73 bits per heavy atom.